The Morgan fingerprint density at radius 3 is 2.65 bits per heavy atom. The standard InChI is InChI=1S/C15H23N3O2/c1-16-15(18-13-5-6-13)17-9-10-20-11-12-3-7-14(19-2)8-4-12/h3-4,7-8,13H,5-6,9-11H2,1-2H3,(H2,16,17,18). The van der Waals surface area contributed by atoms with Crippen LogP contribution in [0.5, 0.6) is 5.75 Å². The Balaban J connectivity index is 1.58. The van der Waals surface area contributed by atoms with E-state index in [4.69, 9.17) is 9.47 Å². The molecule has 1 aliphatic rings. The molecular weight excluding hydrogens is 254 g/mol. The third-order valence-electron chi connectivity index (χ3n) is 3.11. The van der Waals surface area contributed by atoms with Crippen molar-refractivity contribution >= 4 is 5.96 Å². The molecule has 0 aliphatic heterocycles. The lowest BCUT2D eigenvalue weighted by molar-refractivity contribution is 0.125. The monoisotopic (exact) mass is 277 g/mol. The predicted octanol–water partition coefficient (Wildman–Crippen LogP) is 1.54. The molecule has 1 fully saturated rings. The van der Waals surface area contributed by atoms with E-state index in [1.54, 1.807) is 14.2 Å². The maximum absolute atomic E-state index is 5.62. The van der Waals surface area contributed by atoms with Crippen molar-refractivity contribution < 1.29 is 9.47 Å². The number of nitrogens with zero attached hydrogens (tertiary/aromatic N) is 1. The molecule has 0 radical (unpaired) electrons. The molecule has 5 nitrogen and oxygen atoms in total. The molecule has 20 heavy (non-hydrogen) atoms. The second-order valence-electron chi connectivity index (χ2n) is 4.82. The van der Waals surface area contributed by atoms with Crippen LogP contribution in [0.1, 0.15) is 18.4 Å². The number of guanidine groups is 1. The Hall–Kier alpha value is -1.75. The molecule has 5 heteroatoms. The number of benzene rings is 1. The Kier molecular flexibility index (Phi) is 5.68. The van der Waals surface area contributed by atoms with Crippen LogP contribution in [-0.2, 0) is 11.3 Å². The van der Waals surface area contributed by atoms with Crippen LogP contribution >= 0.6 is 0 Å². The van der Waals surface area contributed by atoms with Crippen LogP contribution in [0, 0.1) is 0 Å². The van der Waals surface area contributed by atoms with Crippen molar-refractivity contribution in [3.8, 4) is 5.75 Å². The number of rotatable bonds is 7. The molecule has 0 heterocycles. The van der Waals surface area contributed by atoms with Crippen molar-refractivity contribution in [2.45, 2.75) is 25.5 Å². The van der Waals surface area contributed by atoms with Crippen molar-refractivity contribution in [1.82, 2.24) is 10.6 Å². The summed E-state index contributed by atoms with van der Waals surface area (Å²) >= 11 is 0. The molecule has 110 valence electrons. The number of methoxy groups -OCH3 is 1. The molecule has 1 aromatic carbocycles. The zero-order chi connectivity index (χ0) is 14.2. The highest BCUT2D eigenvalue weighted by atomic mass is 16.5. The van der Waals surface area contributed by atoms with E-state index in [0.717, 1.165) is 23.8 Å². The van der Waals surface area contributed by atoms with Crippen molar-refractivity contribution in [2.75, 3.05) is 27.3 Å². The normalized spacial score (nSPS) is 15.0. The minimum absolute atomic E-state index is 0.611. The minimum Gasteiger partial charge on any atom is -0.497 e. The van der Waals surface area contributed by atoms with Gasteiger partial charge >= 0.3 is 0 Å². The molecule has 0 bridgehead atoms. The summed E-state index contributed by atoms with van der Waals surface area (Å²) in [6, 6.07) is 8.53. The van der Waals surface area contributed by atoms with Crippen molar-refractivity contribution in [1.29, 1.82) is 0 Å². The van der Waals surface area contributed by atoms with Gasteiger partial charge in [-0.15, -0.1) is 0 Å². The molecule has 0 unspecified atom stereocenters. The van der Waals surface area contributed by atoms with Gasteiger partial charge in [-0.25, -0.2) is 0 Å². The molecular formula is C15H23N3O2. The Morgan fingerprint density at radius 2 is 2.05 bits per heavy atom. The summed E-state index contributed by atoms with van der Waals surface area (Å²) in [5, 5.41) is 6.57. The van der Waals surface area contributed by atoms with Crippen molar-refractivity contribution in [2.24, 2.45) is 4.99 Å². The molecule has 2 rings (SSSR count). The first-order valence-corrected chi connectivity index (χ1v) is 6.99. The molecule has 1 aromatic rings. The van der Waals surface area contributed by atoms with Crippen LogP contribution < -0.4 is 15.4 Å². The van der Waals surface area contributed by atoms with Crippen LogP contribution in [0.15, 0.2) is 29.3 Å². The number of nitrogens with one attached hydrogen (secondary N) is 2. The Labute approximate surface area is 120 Å². The van der Waals surface area contributed by atoms with Crippen LogP contribution in [0.3, 0.4) is 0 Å². The summed E-state index contributed by atoms with van der Waals surface area (Å²) < 4.78 is 10.7. The average Bonchev–Trinajstić information content (AvgIpc) is 3.30. The van der Waals surface area contributed by atoms with E-state index in [1.807, 2.05) is 24.3 Å². The molecule has 0 spiro atoms. The molecule has 1 saturated carbocycles. The topological polar surface area (TPSA) is 54.9 Å². The second kappa shape index (κ2) is 7.75. The van der Waals surface area contributed by atoms with E-state index in [0.29, 0.717) is 19.3 Å². The number of ether oxygens (including phenoxy) is 2. The predicted molar refractivity (Wildman–Crippen MR) is 80.2 cm³/mol. The second-order valence-corrected chi connectivity index (χ2v) is 4.82. The lowest BCUT2D eigenvalue weighted by Crippen LogP contribution is -2.40. The van der Waals surface area contributed by atoms with Gasteiger partial charge in [0.2, 0.25) is 0 Å². The van der Waals surface area contributed by atoms with Gasteiger partial charge in [-0.2, -0.15) is 0 Å². The van der Waals surface area contributed by atoms with Crippen LogP contribution in [0.2, 0.25) is 0 Å². The van der Waals surface area contributed by atoms with Gasteiger partial charge in [0.15, 0.2) is 5.96 Å². The SMILES string of the molecule is CN=C(NCCOCc1ccc(OC)cc1)NC1CC1. The molecule has 2 N–H and O–H groups in total. The summed E-state index contributed by atoms with van der Waals surface area (Å²) in [6.45, 7) is 2.01. The summed E-state index contributed by atoms with van der Waals surface area (Å²) in [7, 11) is 3.45. The maximum Gasteiger partial charge on any atom is 0.191 e. The lowest BCUT2D eigenvalue weighted by atomic mass is 10.2. The fraction of sp³-hybridized carbons (Fsp3) is 0.533. The summed E-state index contributed by atoms with van der Waals surface area (Å²) in [6.07, 6.45) is 2.49. The van der Waals surface area contributed by atoms with E-state index in [1.165, 1.54) is 12.8 Å². The third kappa shape index (κ3) is 5.09. The Morgan fingerprint density at radius 1 is 1.30 bits per heavy atom. The minimum atomic E-state index is 0.611. The van der Waals surface area contributed by atoms with E-state index in [-0.39, 0.29) is 0 Å². The van der Waals surface area contributed by atoms with Gasteiger partial charge < -0.3 is 20.1 Å². The smallest absolute Gasteiger partial charge is 0.191 e. The fourth-order valence-electron chi connectivity index (χ4n) is 1.77. The first-order chi connectivity index (χ1) is 9.81. The van der Waals surface area contributed by atoms with Crippen LogP contribution in [0.25, 0.3) is 0 Å². The van der Waals surface area contributed by atoms with Gasteiger partial charge in [0.1, 0.15) is 5.75 Å². The third-order valence-corrected chi connectivity index (χ3v) is 3.11. The van der Waals surface area contributed by atoms with E-state index in [9.17, 15) is 0 Å². The molecule has 0 saturated heterocycles. The van der Waals surface area contributed by atoms with E-state index < -0.39 is 0 Å². The summed E-state index contributed by atoms with van der Waals surface area (Å²) in [4.78, 5) is 4.17. The zero-order valence-electron chi connectivity index (χ0n) is 12.2. The van der Waals surface area contributed by atoms with Crippen LogP contribution in [-0.4, -0.2) is 39.3 Å². The first kappa shape index (κ1) is 14.7. The highest BCUT2D eigenvalue weighted by molar-refractivity contribution is 5.80. The van der Waals surface area contributed by atoms with Gasteiger partial charge in [-0.05, 0) is 30.5 Å². The molecule has 0 aromatic heterocycles. The van der Waals surface area contributed by atoms with E-state index in [2.05, 4.69) is 15.6 Å². The summed E-state index contributed by atoms with van der Waals surface area (Å²) in [5.41, 5.74) is 1.14. The van der Waals surface area contributed by atoms with Crippen LogP contribution in [0.4, 0.5) is 0 Å². The van der Waals surface area contributed by atoms with Gasteiger partial charge in [0, 0.05) is 19.6 Å². The number of aliphatic imine (C=N–C) groups is 1. The first-order valence-electron chi connectivity index (χ1n) is 6.99. The molecule has 0 atom stereocenters. The number of hydrogen-bond donors (Lipinski definition) is 2. The average molecular weight is 277 g/mol. The maximum atomic E-state index is 5.62. The largest absolute Gasteiger partial charge is 0.497 e. The zero-order valence-corrected chi connectivity index (χ0v) is 12.2. The van der Waals surface area contributed by atoms with Crippen molar-refractivity contribution in [3.05, 3.63) is 29.8 Å². The highest BCUT2D eigenvalue weighted by Gasteiger charge is 2.21. The Bertz CT molecular complexity index is 427. The quantitative estimate of drug-likeness (QED) is 0.451. The lowest BCUT2D eigenvalue weighted by Gasteiger charge is -2.11. The van der Waals surface area contributed by atoms with Crippen molar-refractivity contribution in [3.63, 3.8) is 0 Å². The highest BCUT2D eigenvalue weighted by Crippen LogP contribution is 2.18. The molecule has 1 aliphatic carbocycles. The fourth-order valence-corrected chi connectivity index (χ4v) is 1.77. The van der Waals surface area contributed by atoms with Gasteiger partial charge in [0.25, 0.3) is 0 Å². The van der Waals surface area contributed by atoms with E-state index >= 15 is 0 Å². The van der Waals surface area contributed by atoms with Gasteiger partial charge in [-0.1, -0.05) is 12.1 Å². The van der Waals surface area contributed by atoms with Gasteiger partial charge in [0.05, 0.1) is 20.3 Å². The molecule has 0 amide bonds. The summed E-state index contributed by atoms with van der Waals surface area (Å²) in [5.74, 6) is 1.73. The van der Waals surface area contributed by atoms with Gasteiger partial charge in [-0.3, -0.25) is 4.99 Å². The number of hydrogen-bond acceptors (Lipinski definition) is 3.